The van der Waals surface area contributed by atoms with Crippen LogP contribution in [0.2, 0.25) is 0 Å². The van der Waals surface area contributed by atoms with Crippen LogP contribution in [0, 0.1) is 5.92 Å². The molecule has 4 heteroatoms. The van der Waals surface area contributed by atoms with Crippen LogP contribution in [0.15, 0.2) is 30.3 Å². The van der Waals surface area contributed by atoms with Gasteiger partial charge >= 0.3 is 5.97 Å². The number of carbonyl (C=O) groups is 1. The minimum absolute atomic E-state index is 0.344. The van der Waals surface area contributed by atoms with Gasteiger partial charge in [0.25, 0.3) is 0 Å². The summed E-state index contributed by atoms with van der Waals surface area (Å²) in [5.74, 6) is 1.86. The van der Waals surface area contributed by atoms with E-state index in [9.17, 15) is 4.79 Å². The largest absolute Gasteiger partial charge is 0.464 e. The van der Waals surface area contributed by atoms with Crippen LogP contribution in [0.25, 0.3) is 0 Å². The van der Waals surface area contributed by atoms with Crippen LogP contribution >= 0.6 is 11.8 Å². The molecule has 0 spiro atoms. The molecule has 1 aromatic carbocycles. The highest BCUT2D eigenvalue weighted by Gasteiger charge is 2.37. The topological polar surface area (TPSA) is 52.3 Å². The lowest BCUT2D eigenvalue weighted by molar-refractivity contribution is -0.149. The standard InChI is InChI=1S/C16H25NO2S/c1-4-19-15(18)16(17,12-20-11-10-13(2)3)14-8-6-5-7-9-14/h5-9,13H,4,10-12,17H2,1-3H3. The highest BCUT2D eigenvalue weighted by Crippen LogP contribution is 2.25. The molecule has 0 saturated heterocycles. The van der Waals surface area contributed by atoms with Crippen molar-refractivity contribution in [2.24, 2.45) is 11.7 Å². The Kier molecular flexibility index (Phi) is 7.10. The second-order valence-electron chi connectivity index (χ2n) is 5.29. The fourth-order valence-electron chi connectivity index (χ4n) is 1.81. The first kappa shape index (κ1) is 17.1. The van der Waals surface area contributed by atoms with Crippen molar-refractivity contribution in [3.8, 4) is 0 Å². The predicted octanol–water partition coefficient (Wildman–Crippen LogP) is 3.18. The van der Waals surface area contributed by atoms with Crippen LogP contribution in [0.4, 0.5) is 0 Å². The third-order valence-electron chi connectivity index (χ3n) is 3.10. The average Bonchev–Trinajstić information content (AvgIpc) is 2.44. The van der Waals surface area contributed by atoms with Crippen molar-refractivity contribution < 1.29 is 9.53 Å². The predicted molar refractivity (Wildman–Crippen MR) is 85.7 cm³/mol. The quantitative estimate of drug-likeness (QED) is 0.591. The number of carbonyl (C=O) groups excluding carboxylic acids is 1. The molecule has 1 atom stereocenters. The van der Waals surface area contributed by atoms with Crippen molar-refractivity contribution in [3.63, 3.8) is 0 Å². The van der Waals surface area contributed by atoms with Gasteiger partial charge in [-0.1, -0.05) is 44.2 Å². The third-order valence-corrected chi connectivity index (χ3v) is 4.28. The zero-order chi connectivity index (χ0) is 15.0. The van der Waals surface area contributed by atoms with Crippen molar-refractivity contribution >= 4 is 17.7 Å². The van der Waals surface area contributed by atoms with Gasteiger partial charge in [-0.05, 0) is 30.6 Å². The monoisotopic (exact) mass is 295 g/mol. The summed E-state index contributed by atoms with van der Waals surface area (Å²) >= 11 is 1.71. The average molecular weight is 295 g/mol. The molecule has 20 heavy (non-hydrogen) atoms. The highest BCUT2D eigenvalue weighted by molar-refractivity contribution is 7.99. The molecule has 0 aliphatic carbocycles. The van der Waals surface area contributed by atoms with Crippen LogP contribution in [0.3, 0.4) is 0 Å². The summed E-state index contributed by atoms with van der Waals surface area (Å²) in [5.41, 5.74) is 6.13. The van der Waals surface area contributed by atoms with Gasteiger partial charge in [0.15, 0.2) is 0 Å². The number of thioether (sulfide) groups is 1. The summed E-state index contributed by atoms with van der Waals surface area (Å²) in [6.45, 7) is 6.54. The molecule has 0 heterocycles. The molecule has 2 N–H and O–H groups in total. The minimum Gasteiger partial charge on any atom is -0.464 e. The maximum Gasteiger partial charge on any atom is 0.331 e. The molecule has 3 nitrogen and oxygen atoms in total. The van der Waals surface area contributed by atoms with Gasteiger partial charge < -0.3 is 10.5 Å². The molecule has 0 fully saturated rings. The Morgan fingerprint density at radius 1 is 1.35 bits per heavy atom. The maximum absolute atomic E-state index is 12.2. The SMILES string of the molecule is CCOC(=O)C(N)(CSCCC(C)C)c1ccccc1. The van der Waals surface area contributed by atoms with E-state index in [4.69, 9.17) is 10.5 Å². The summed E-state index contributed by atoms with van der Waals surface area (Å²) in [6, 6.07) is 9.49. The summed E-state index contributed by atoms with van der Waals surface area (Å²) in [4.78, 5) is 12.2. The summed E-state index contributed by atoms with van der Waals surface area (Å²) in [6.07, 6.45) is 1.12. The lowest BCUT2D eigenvalue weighted by Gasteiger charge is -2.27. The molecular formula is C16H25NO2S. The van der Waals surface area contributed by atoms with Crippen LogP contribution in [0.1, 0.15) is 32.8 Å². The van der Waals surface area contributed by atoms with E-state index in [-0.39, 0.29) is 5.97 Å². The Morgan fingerprint density at radius 3 is 2.55 bits per heavy atom. The number of hydrogen-bond acceptors (Lipinski definition) is 4. The van der Waals surface area contributed by atoms with Crippen LogP contribution in [0.5, 0.6) is 0 Å². The first-order chi connectivity index (χ1) is 9.50. The van der Waals surface area contributed by atoms with E-state index in [1.807, 2.05) is 30.3 Å². The van der Waals surface area contributed by atoms with Crippen LogP contribution < -0.4 is 5.73 Å². The van der Waals surface area contributed by atoms with Gasteiger partial charge in [0, 0.05) is 5.75 Å². The molecular weight excluding hydrogens is 270 g/mol. The van der Waals surface area contributed by atoms with E-state index in [0.29, 0.717) is 18.3 Å². The Balaban J connectivity index is 2.77. The fourth-order valence-corrected chi connectivity index (χ4v) is 3.20. The van der Waals surface area contributed by atoms with Crippen molar-refractivity contribution in [1.82, 2.24) is 0 Å². The van der Waals surface area contributed by atoms with Gasteiger partial charge in [0.05, 0.1) is 6.61 Å². The van der Waals surface area contributed by atoms with E-state index in [1.54, 1.807) is 18.7 Å². The molecule has 0 amide bonds. The van der Waals surface area contributed by atoms with Crippen molar-refractivity contribution in [2.75, 3.05) is 18.1 Å². The highest BCUT2D eigenvalue weighted by atomic mass is 32.2. The molecule has 0 bridgehead atoms. The molecule has 1 rings (SSSR count). The van der Waals surface area contributed by atoms with Crippen molar-refractivity contribution in [1.29, 1.82) is 0 Å². The lowest BCUT2D eigenvalue weighted by Crippen LogP contribution is -2.48. The number of ether oxygens (including phenoxy) is 1. The van der Waals surface area contributed by atoms with Gasteiger partial charge in [0.1, 0.15) is 5.54 Å². The summed E-state index contributed by atoms with van der Waals surface area (Å²) in [7, 11) is 0. The number of hydrogen-bond donors (Lipinski definition) is 1. The molecule has 0 aliphatic heterocycles. The number of benzene rings is 1. The Bertz CT molecular complexity index is 408. The first-order valence-corrected chi connectivity index (χ1v) is 8.25. The van der Waals surface area contributed by atoms with E-state index < -0.39 is 5.54 Å². The zero-order valence-electron chi connectivity index (χ0n) is 12.6. The second-order valence-corrected chi connectivity index (χ2v) is 6.40. The Morgan fingerprint density at radius 2 is 2.00 bits per heavy atom. The van der Waals surface area contributed by atoms with E-state index >= 15 is 0 Å². The maximum atomic E-state index is 12.2. The normalized spacial score (nSPS) is 14.1. The smallest absolute Gasteiger partial charge is 0.331 e. The third kappa shape index (κ3) is 4.84. The van der Waals surface area contributed by atoms with Crippen LogP contribution in [-0.4, -0.2) is 24.1 Å². The lowest BCUT2D eigenvalue weighted by atomic mass is 9.93. The Hall–Kier alpha value is -1.00. The van der Waals surface area contributed by atoms with Crippen molar-refractivity contribution in [3.05, 3.63) is 35.9 Å². The molecule has 1 unspecified atom stereocenters. The summed E-state index contributed by atoms with van der Waals surface area (Å²) in [5, 5.41) is 0. The van der Waals surface area contributed by atoms with Gasteiger partial charge in [0.2, 0.25) is 0 Å². The first-order valence-electron chi connectivity index (χ1n) is 7.10. The second kappa shape index (κ2) is 8.32. The van der Waals surface area contributed by atoms with Gasteiger partial charge in [-0.2, -0.15) is 11.8 Å². The van der Waals surface area contributed by atoms with E-state index in [1.165, 1.54) is 0 Å². The molecule has 0 aliphatic rings. The molecule has 0 saturated carbocycles. The Labute approximate surface area is 126 Å². The van der Waals surface area contributed by atoms with E-state index in [0.717, 1.165) is 17.7 Å². The number of esters is 1. The van der Waals surface area contributed by atoms with Crippen molar-refractivity contribution in [2.45, 2.75) is 32.7 Å². The molecule has 112 valence electrons. The van der Waals surface area contributed by atoms with Crippen LogP contribution in [-0.2, 0) is 15.1 Å². The molecule has 0 aromatic heterocycles. The van der Waals surface area contributed by atoms with Gasteiger partial charge in [-0.3, -0.25) is 0 Å². The molecule has 1 aromatic rings. The number of rotatable bonds is 8. The fraction of sp³-hybridized carbons (Fsp3) is 0.562. The summed E-state index contributed by atoms with van der Waals surface area (Å²) < 4.78 is 5.16. The minimum atomic E-state index is -1.06. The van der Waals surface area contributed by atoms with Gasteiger partial charge in [-0.25, -0.2) is 4.79 Å². The van der Waals surface area contributed by atoms with Gasteiger partial charge in [-0.15, -0.1) is 0 Å². The number of nitrogens with two attached hydrogens (primary N) is 1. The van der Waals surface area contributed by atoms with E-state index in [2.05, 4.69) is 13.8 Å². The zero-order valence-corrected chi connectivity index (χ0v) is 13.4. The molecule has 0 radical (unpaired) electrons.